The summed E-state index contributed by atoms with van der Waals surface area (Å²) >= 11 is 0. The monoisotopic (exact) mass is 416 g/mol. The number of carbonyl (C=O) groups excluding carboxylic acids is 1. The van der Waals surface area contributed by atoms with Crippen LogP contribution in [-0.4, -0.2) is 30.0 Å². The third-order valence-corrected chi connectivity index (χ3v) is 4.37. The predicted octanol–water partition coefficient (Wildman–Crippen LogP) is 3.37. The number of hydrogen-bond donors (Lipinski definition) is 2. The van der Waals surface area contributed by atoms with Crippen LogP contribution in [0.25, 0.3) is 0 Å². The zero-order chi connectivity index (χ0) is 21.9. The molecule has 6 nitrogen and oxygen atoms in total. The molecule has 0 fully saturated rings. The maximum atomic E-state index is 12.9. The van der Waals surface area contributed by atoms with Crippen molar-refractivity contribution in [3.8, 4) is 0 Å². The summed E-state index contributed by atoms with van der Waals surface area (Å²) in [5.74, 6) is -0.420. The van der Waals surface area contributed by atoms with Crippen molar-refractivity contribution < 1.29 is 18.0 Å². The third-order valence-electron chi connectivity index (χ3n) is 4.37. The number of carbonyl (C=O) groups is 1. The van der Waals surface area contributed by atoms with Crippen LogP contribution < -0.4 is 15.8 Å². The van der Waals surface area contributed by atoms with Gasteiger partial charge in [0.25, 0.3) is 11.5 Å². The van der Waals surface area contributed by atoms with Gasteiger partial charge in [0.15, 0.2) is 0 Å². The average molecular weight is 416 g/mol. The molecule has 0 spiro atoms. The number of rotatable bonds is 5. The molecule has 2 N–H and O–H groups in total. The van der Waals surface area contributed by atoms with E-state index in [-0.39, 0.29) is 11.6 Å². The van der Waals surface area contributed by atoms with Crippen LogP contribution in [0.5, 0.6) is 0 Å². The van der Waals surface area contributed by atoms with Crippen molar-refractivity contribution in [2.24, 2.45) is 0 Å². The number of aromatic amines is 1. The molecule has 0 saturated carbocycles. The van der Waals surface area contributed by atoms with Crippen LogP contribution in [0.15, 0.2) is 65.5 Å². The second-order valence-electron chi connectivity index (χ2n) is 6.79. The lowest BCUT2D eigenvalue weighted by Crippen LogP contribution is -2.32. The number of amides is 1. The fourth-order valence-electron chi connectivity index (χ4n) is 2.85. The Kier molecular flexibility index (Phi) is 5.91. The summed E-state index contributed by atoms with van der Waals surface area (Å²) in [6, 6.07) is 13.7. The predicted molar refractivity (Wildman–Crippen MR) is 106 cm³/mol. The first-order valence-corrected chi connectivity index (χ1v) is 8.97. The molecule has 0 aliphatic carbocycles. The molecule has 156 valence electrons. The number of nitrogens with zero attached hydrogens (tertiary/aromatic N) is 2. The number of H-pyrrole nitrogens is 1. The van der Waals surface area contributed by atoms with Crippen molar-refractivity contribution in [3.63, 3.8) is 0 Å². The molecule has 3 rings (SSSR count). The molecular weight excluding hydrogens is 397 g/mol. The lowest BCUT2D eigenvalue weighted by Gasteiger charge is -2.20. The zero-order valence-corrected chi connectivity index (χ0v) is 16.2. The first-order chi connectivity index (χ1) is 14.1. The summed E-state index contributed by atoms with van der Waals surface area (Å²) in [5, 5.41) is 2.76. The van der Waals surface area contributed by atoms with Crippen LogP contribution >= 0.6 is 0 Å². The van der Waals surface area contributed by atoms with E-state index in [1.807, 2.05) is 0 Å². The maximum absolute atomic E-state index is 12.9. The van der Waals surface area contributed by atoms with E-state index >= 15 is 0 Å². The fraction of sp³-hybridized carbons (Fsp3) is 0.190. The molecular formula is C21H19F3N4O2. The van der Waals surface area contributed by atoms with Crippen LogP contribution in [0.3, 0.4) is 0 Å². The van der Waals surface area contributed by atoms with Gasteiger partial charge in [0, 0.05) is 20.2 Å². The molecule has 1 unspecified atom stereocenters. The van der Waals surface area contributed by atoms with Crippen LogP contribution in [-0.2, 0) is 6.18 Å². The molecule has 0 bridgehead atoms. The van der Waals surface area contributed by atoms with E-state index in [0.717, 1.165) is 18.2 Å². The second kappa shape index (κ2) is 8.40. The summed E-state index contributed by atoms with van der Waals surface area (Å²) in [4.78, 5) is 32.9. The highest BCUT2D eigenvalue weighted by Crippen LogP contribution is 2.31. The minimum Gasteiger partial charge on any atom is -0.348 e. The average Bonchev–Trinajstić information content (AvgIpc) is 2.71. The zero-order valence-electron chi connectivity index (χ0n) is 16.2. The first kappa shape index (κ1) is 21.1. The Morgan fingerprint density at radius 2 is 1.63 bits per heavy atom. The van der Waals surface area contributed by atoms with Gasteiger partial charge in [-0.25, -0.2) is 4.98 Å². The van der Waals surface area contributed by atoms with Crippen LogP contribution in [0.4, 0.5) is 19.1 Å². The number of aromatic nitrogens is 2. The van der Waals surface area contributed by atoms with Crippen molar-refractivity contribution in [3.05, 3.63) is 93.4 Å². The van der Waals surface area contributed by atoms with E-state index in [2.05, 4.69) is 15.3 Å². The quantitative estimate of drug-likeness (QED) is 0.669. The lowest BCUT2D eigenvalue weighted by molar-refractivity contribution is -0.137. The summed E-state index contributed by atoms with van der Waals surface area (Å²) < 4.78 is 38.7. The van der Waals surface area contributed by atoms with Gasteiger partial charge in [-0.3, -0.25) is 14.6 Å². The molecule has 0 saturated heterocycles. The highest BCUT2D eigenvalue weighted by atomic mass is 19.4. The standard InChI is InChI=1S/C21H19F3N4O2/c1-28(2)20-25-16(12-17(29)26-20)19(30)27-18(13-6-4-3-5-7-13)14-8-10-15(11-9-14)21(22,23)24/h3-12,18H,1-2H3,(H,27,30)(H,25,26,29). The van der Waals surface area contributed by atoms with Crippen molar-refractivity contribution in [2.75, 3.05) is 19.0 Å². The van der Waals surface area contributed by atoms with Gasteiger partial charge in [0.05, 0.1) is 11.6 Å². The Morgan fingerprint density at radius 1 is 1.03 bits per heavy atom. The Morgan fingerprint density at radius 3 is 2.20 bits per heavy atom. The largest absolute Gasteiger partial charge is 0.416 e. The molecule has 0 aliphatic heterocycles. The molecule has 1 amide bonds. The van der Waals surface area contributed by atoms with Crippen molar-refractivity contribution in [1.29, 1.82) is 0 Å². The van der Waals surface area contributed by atoms with Gasteiger partial charge >= 0.3 is 6.18 Å². The van der Waals surface area contributed by atoms with Crippen LogP contribution in [0, 0.1) is 0 Å². The molecule has 9 heteroatoms. The van der Waals surface area contributed by atoms with E-state index in [0.29, 0.717) is 11.1 Å². The number of halogens is 3. The van der Waals surface area contributed by atoms with Gasteiger partial charge < -0.3 is 10.2 Å². The van der Waals surface area contributed by atoms with Gasteiger partial charge in [-0.15, -0.1) is 0 Å². The molecule has 0 radical (unpaired) electrons. The summed E-state index contributed by atoms with van der Waals surface area (Å²) in [5.41, 5.74) is -0.250. The Bertz CT molecular complexity index is 1080. The third kappa shape index (κ3) is 4.86. The van der Waals surface area contributed by atoms with Gasteiger partial charge in [0.1, 0.15) is 5.69 Å². The highest BCUT2D eigenvalue weighted by Gasteiger charge is 2.30. The minimum atomic E-state index is -4.46. The SMILES string of the molecule is CN(C)c1nc(C(=O)NC(c2ccccc2)c2ccc(C(F)(F)F)cc2)cc(=O)[nH]1. The molecule has 1 aromatic heterocycles. The number of nitrogens with one attached hydrogen (secondary N) is 2. The normalized spacial score (nSPS) is 12.3. The smallest absolute Gasteiger partial charge is 0.348 e. The van der Waals surface area contributed by atoms with Gasteiger partial charge in [-0.1, -0.05) is 42.5 Å². The Balaban J connectivity index is 1.97. The first-order valence-electron chi connectivity index (χ1n) is 8.97. The van der Waals surface area contributed by atoms with E-state index in [1.54, 1.807) is 49.3 Å². The van der Waals surface area contributed by atoms with E-state index < -0.39 is 29.2 Å². The minimum absolute atomic E-state index is 0.102. The second-order valence-corrected chi connectivity index (χ2v) is 6.79. The van der Waals surface area contributed by atoms with Crippen molar-refractivity contribution in [2.45, 2.75) is 12.2 Å². The summed E-state index contributed by atoms with van der Waals surface area (Å²) in [6.45, 7) is 0. The number of alkyl halides is 3. The Hall–Kier alpha value is -3.62. The van der Waals surface area contributed by atoms with E-state index in [4.69, 9.17) is 0 Å². The van der Waals surface area contributed by atoms with Gasteiger partial charge in [0.2, 0.25) is 5.95 Å². The topological polar surface area (TPSA) is 78.1 Å². The Labute approximate surface area is 170 Å². The van der Waals surface area contributed by atoms with Gasteiger partial charge in [-0.05, 0) is 23.3 Å². The molecule has 30 heavy (non-hydrogen) atoms. The maximum Gasteiger partial charge on any atom is 0.416 e. The number of benzene rings is 2. The van der Waals surface area contributed by atoms with E-state index in [9.17, 15) is 22.8 Å². The summed E-state index contributed by atoms with van der Waals surface area (Å²) in [6.07, 6.45) is -4.46. The molecule has 0 aliphatic rings. The highest BCUT2D eigenvalue weighted by molar-refractivity contribution is 5.93. The van der Waals surface area contributed by atoms with E-state index in [1.165, 1.54) is 12.1 Å². The van der Waals surface area contributed by atoms with Gasteiger partial charge in [-0.2, -0.15) is 13.2 Å². The number of anilines is 1. The fourth-order valence-corrected chi connectivity index (χ4v) is 2.85. The summed E-state index contributed by atoms with van der Waals surface area (Å²) in [7, 11) is 3.32. The molecule has 1 heterocycles. The van der Waals surface area contributed by atoms with Crippen molar-refractivity contribution in [1.82, 2.24) is 15.3 Å². The van der Waals surface area contributed by atoms with Crippen LogP contribution in [0.1, 0.15) is 33.2 Å². The molecule has 2 aromatic carbocycles. The van der Waals surface area contributed by atoms with Crippen LogP contribution in [0.2, 0.25) is 0 Å². The lowest BCUT2D eigenvalue weighted by atomic mass is 9.97. The molecule has 3 aromatic rings. The van der Waals surface area contributed by atoms with Crippen molar-refractivity contribution >= 4 is 11.9 Å². The number of hydrogen-bond acceptors (Lipinski definition) is 4. The molecule has 1 atom stereocenters.